The normalized spacial score (nSPS) is 11.4. The van der Waals surface area contributed by atoms with Crippen molar-refractivity contribution in [3.63, 3.8) is 0 Å². The third-order valence-electron chi connectivity index (χ3n) is 3.64. The Morgan fingerprint density at radius 1 is 1.42 bits per heavy atom. The second-order valence-corrected chi connectivity index (χ2v) is 7.17. The number of hydrogen-bond acceptors (Lipinski definition) is 7. The van der Waals surface area contributed by atoms with Crippen molar-refractivity contribution in [3.8, 4) is 11.8 Å². The van der Waals surface area contributed by atoms with Crippen LogP contribution in [0.1, 0.15) is 21.6 Å². The first-order chi connectivity index (χ1) is 12.1. The van der Waals surface area contributed by atoms with Gasteiger partial charge in [-0.25, -0.2) is 4.79 Å². The van der Waals surface area contributed by atoms with Crippen LogP contribution in [0.4, 0.5) is 5.69 Å². The SMILES string of the molecule is COC(=O)c1c(N)c(C#N)cn1-c1ccc(CN(C)C)c(S(=O)(=O)O)c1. The van der Waals surface area contributed by atoms with Crippen LogP contribution in [-0.2, 0) is 21.4 Å². The number of anilines is 1. The maximum absolute atomic E-state index is 12.0. The highest BCUT2D eigenvalue weighted by molar-refractivity contribution is 7.85. The second-order valence-electron chi connectivity index (χ2n) is 5.78. The third kappa shape index (κ3) is 3.70. The van der Waals surface area contributed by atoms with Crippen LogP contribution in [0.25, 0.3) is 5.69 Å². The van der Waals surface area contributed by atoms with E-state index in [1.165, 1.54) is 22.9 Å². The molecular formula is C16H18N4O5S. The van der Waals surface area contributed by atoms with E-state index < -0.39 is 16.1 Å². The zero-order valence-corrected chi connectivity index (χ0v) is 15.2. The fraction of sp³-hybridized carbons (Fsp3) is 0.250. The molecule has 26 heavy (non-hydrogen) atoms. The van der Waals surface area contributed by atoms with Gasteiger partial charge >= 0.3 is 5.97 Å². The van der Waals surface area contributed by atoms with E-state index in [1.807, 2.05) is 6.07 Å². The zero-order chi connectivity index (χ0) is 19.6. The third-order valence-corrected chi connectivity index (χ3v) is 4.57. The van der Waals surface area contributed by atoms with Gasteiger partial charge in [-0.05, 0) is 31.8 Å². The minimum absolute atomic E-state index is 0.0381. The van der Waals surface area contributed by atoms with Gasteiger partial charge in [0, 0.05) is 18.4 Å². The Hall–Kier alpha value is -2.87. The summed E-state index contributed by atoms with van der Waals surface area (Å²) in [7, 11) is 0.158. The molecule has 1 heterocycles. The van der Waals surface area contributed by atoms with Crippen molar-refractivity contribution in [2.75, 3.05) is 26.9 Å². The molecule has 10 heteroatoms. The molecular weight excluding hydrogens is 360 g/mol. The first-order valence-electron chi connectivity index (χ1n) is 7.35. The highest BCUT2D eigenvalue weighted by atomic mass is 32.2. The number of methoxy groups -OCH3 is 1. The van der Waals surface area contributed by atoms with E-state index in [0.29, 0.717) is 5.56 Å². The highest BCUT2D eigenvalue weighted by Crippen LogP contribution is 2.27. The number of esters is 1. The number of rotatable bonds is 5. The molecule has 2 rings (SSSR count). The summed E-state index contributed by atoms with van der Waals surface area (Å²) in [4.78, 5) is 13.5. The van der Waals surface area contributed by atoms with Crippen LogP contribution in [-0.4, -0.2) is 49.6 Å². The molecule has 1 aromatic carbocycles. The van der Waals surface area contributed by atoms with Crippen molar-refractivity contribution >= 4 is 21.8 Å². The lowest BCUT2D eigenvalue weighted by atomic mass is 10.2. The van der Waals surface area contributed by atoms with Gasteiger partial charge < -0.3 is 19.9 Å². The predicted octanol–water partition coefficient (Wildman–Crippen LogP) is 1.03. The summed E-state index contributed by atoms with van der Waals surface area (Å²) < 4.78 is 39.1. The zero-order valence-electron chi connectivity index (χ0n) is 14.4. The van der Waals surface area contributed by atoms with Crippen molar-refractivity contribution in [1.29, 1.82) is 5.26 Å². The molecule has 0 unspecified atom stereocenters. The summed E-state index contributed by atoms with van der Waals surface area (Å²) in [6, 6.07) is 6.14. The number of ether oxygens (including phenoxy) is 1. The molecule has 1 aromatic heterocycles. The van der Waals surface area contributed by atoms with Gasteiger partial charge in [0.15, 0.2) is 5.69 Å². The number of benzene rings is 1. The molecule has 3 N–H and O–H groups in total. The van der Waals surface area contributed by atoms with E-state index in [1.54, 1.807) is 25.1 Å². The standard InChI is InChI=1S/C16H18N4O5S/c1-19(2)8-10-4-5-12(6-13(10)26(22,23)24)20-9-11(7-17)14(18)15(20)16(21)25-3/h4-6,9H,8,18H2,1-3H3,(H,22,23,24). The van der Waals surface area contributed by atoms with E-state index >= 15 is 0 Å². The molecule has 0 bridgehead atoms. The van der Waals surface area contributed by atoms with Crippen LogP contribution < -0.4 is 5.73 Å². The first-order valence-corrected chi connectivity index (χ1v) is 8.79. The smallest absolute Gasteiger partial charge is 0.357 e. The minimum atomic E-state index is -4.51. The fourth-order valence-electron chi connectivity index (χ4n) is 2.52. The van der Waals surface area contributed by atoms with Gasteiger partial charge in [-0.15, -0.1) is 0 Å². The van der Waals surface area contributed by atoms with Crippen molar-refractivity contribution in [3.05, 3.63) is 41.2 Å². The van der Waals surface area contributed by atoms with Gasteiger partial charge in [-0.1, -0.05) is 6.07 Å². The Kier molecular flexibility index (Phi) is 5.36. The monoisotopic (exact) mass is 378 g/mol. The Morgan fingerprint density at radius 3 is 2.58 bits per heavy atom. The Labute approximate surface area is 150 Å². The number of hydrogen-bond donors (Lipinski definition) is 2. The summed E-state index contributed by atoms with van der Waals surface area (Å²) in [5.41, 5.74) is 6.29. The molecule has 0 aliphatic carbocycles. The quantitative estimate of drug-likeness (QED) is 0.581. The molecule has 0 saturated heterocycles. The van der Waals surface area contributed by atoms with E-state index in [0.717, 1.165) is 7.11 Å². The summed E-state index contributed by atoms with van der Waals surface area (Å²) in [6.07, 6.45) is 1.30. The summed E-state index contributed by atoms with van der Waals surface area (Å²) >= 11 is 0. The molecule has 0 aliphatic heterocycles. The molecule has 0 radical (unpaired) electrons. The van der Waals surface area contributed by atoms with Crippen molar-refractivity contribution < 1.29 is 22.5 Å². The van der Waals surface area contributed by atoms with E-state index in [4.69, 9.17) is 11.0 Å². The Bertz CT molecular complexity index is 1000. The van der Waals surface area contributed by atoms with Crippen LogP contribution in [0.5, 0.6) is 0 Å². The van der Waals surface area contributed by atoms with Gasteiger partial charge in [0.2, 0.25) is 0 Å². The van der Waals surface area contributed by atoms with E-state index in [-0.39, 0.29) is 34.1 Å². The van der Waals surface area contributed by atoms with E-state index in [9.17, 15) is 17.8 Å². The second kappa shape index (κ2) is 7.17. The average Bonchev–Trinajstić information content (AvgIpc) is 2.89. The van der Waals surface area contributed by atoms with Gasteiger partial charge in [0.05, 0.1) is 18.4 Å². The van der Waals surface area contributed by atoms with Crippen molar-refractivity contribution in [2.24, 2.45) is 0 Å². The molecule has 0 atom stereocenters. The number of nitrogen functional groups attached to an aromatic ring is 1. The minimum Gasteiger partial charge on any atom is -0.464 e. The molecule has 0 spiro atoms. The maximum Gasteiger partial charge on any atom is 0.357 e. The van der Waals surface area contributed by atoms with Gasteiger partial charge in [-0.3, -0.25) is 4.55 Å². The van der Waals surface area contributed by atoms with E-state index in [2.05, 4.69) is 4.74 Å². The van der Waals surface area contributed by atoms with Crippen LogP contribution in [0.2, 0.25) is 0 Å². The molecule has 0 saturated carbocycles. The number of aromatic nitrogens is 1. The summed E-state index contributed by atoms with van der Waals surface area (Å²) in [5.74, 6) is -0.783. The topological polar surface area (TPSA) is 139 Å². The molecule has 138 valence electrons. The van der Waals surface area contributed by atoms with Gasteiger partial charge in [-0.2, -0.15) is 13.7 Å². The Morgan fingerprint density at radius 2 is 2.08 bits per heavy atom. The lowest BCUT2D eigenvalue weighted by Gasteiger charge is -2.15. The summed E-state index contributed by atoms with van der Waals surface area (Å²) in [6.45, 7) is 0.274. The van der Waals surface area contributed by atoms with Crippen LogP contribution in [0, 0.1) is 11.3 Å². The molecule has 9 nitrogen and oxygen atoms in total. The van der Waals surface area contributed by atoms with Crippen molar-refractivity contribution in [1.82, 2.24) is 9.47 Å². The lowest BCUT2D eigenvalue weighted by molar-refractivity contribution is 0.0593. The molecule has 0 aliphatic rings. The molecule has 0 amide bonds. The number of nitriles is 1. The van der Waals surface area contributed by atoms with Crippen LogP contribution in [0.3, 0.4) is 0 Å². The molecule has 0 fully saturated rings. The number of nitrogens with zero attached hydrogens (tertiary/aromatic N) is 3. The average molecular weight is 378 g/mol. The highest BCUT2D eigenvalue weighted by Gasteiger charge is 2.23. The predicted molar refractivity (Wildman–Crippen MR) is 93.4 cm³/mol. The number of carbonyl (C=O) groups excluding carboxylic acids is 1. The van der Waals surface area contributed by atoms with Crippen molar-refractivity contribution in [2.45, 2.75) is 11.4 Å². The van der Waals surface area contributed by atoms with Crippen LogP contribution >= 0.6 is 0 Å². The first kappa shape index (κ1) is 19.5. The number of carbonyl (C=O) groups is 1. The maximum atomic E-state index is 12.0. The lowest BCUT2D eigenvalue weighted by Crippen LogP contribution is -2.15. The van der Waals surface area contributed by atoms with Gasteiger partial charge in [0.1, 0.15) is 11.0 Å². The van der Waals surface area contributed by atoms with Gasteiger partial charge in [0.25, 0.3) is 10.1 Å². The fourth-order valence-corrected chi connectivity index (χ4v) is 3.26. The number of nitrogens with two attached hydrogens (primary N) is 1. The van der Waals surface area contributed by atoms with Crippen LogP contribution in [0.15, 0.2) is 29.3 Å². The largest absolute Gasteiger partial charge is 0.464 e. The summed E-state index contributed by atoms with van der Waals surface area (Å²) in [5, 5.41) is 9.15. The Balaban J connectivity index is 2.75. The molecule has 2 aromatic rings.